The van der Waals surface area contributed by atoms with E-state index in [1.165, 1.54) is 0 Å². The second-order valence-electron chi connectivity index (χ2n) is 4.04. The maximum absolute atomic E-state index is 11.5. The third-order valence-electron chi connectivity index (χ3n) is 2.82. The predicted octanol–water partition coefficient (Wildman–Crippen LogP) is 1.69. The zero-order valence-corrected chi connectivity index (χ0v) is 9.56. The van der Waals surface area contributed by atoms with Gasteiger partial charge >= 0.3 is 0 Å². The first-order valence-corrected chi connectivity index (χ1v) is 5.56. The fraction of sp³-hybridized carbons (Fsp3) is 0.900. The highest BCUT2D eigenvalue weighted by Gasteiger charge is 2.39. The van der Waals surface area contributed by atoms with Gasteiger partial charge in [0.15, 0.2) is 0 Å². The highest BCUT2D eigenvalue weighted by Crippen LogP contribution is 2.37. The van der Waals surface area contributed by atoms with Gasteiger partial charge in [-0.25, -0.2) is 0 Å². The highest BCUT2D eigenvalue weighted by molar-refractivity contribution is 6.18. The van der Waals surface area contributed by atoms with E-state index < -0.39 is 0 Å². The van der Waals surface area contributed by atoms with Gasteiger partial charge in [0, 0.05) is 19.0 Å². The van der Waals surface area contributed by atoms with Crippen LogP contribution in [0.25, 0.3) is 0 Å². The highest BCUT2D eigenvalue weighted by atomic mass is 35.5. The third kappa shape index (κ3) is 2.85. The van der Waals surface area contributed by atoms with Crippen LogP contribution in [0.1, 0.15) is 32.6 Å². The van der Waals surface area contributed by atoms with E-state index >= 15 is 0 Å². The van der Waals surface area contributed by atoms with E-state index in [2.05, 4.69) is 5.32 Å². The van der Waals surface area contributed by atoms with E-state index in [4.69, 9.17) is 16.3 Å². The number of methoxy groups -OCH3 is 1. The first-order valence-electron chi connectivity index (χ1n) is 5.02. The van der Waals surface area contributed by atoms with Crippen LogP contribution in [0.3, 0.4) is 0 Å². The van der Waals surface area contributed by atoms with Crippen LogP contribution in [0.15, 0.2) is 0 Å². The zero-order valence-electron chi connectivity index (χ0n) is 8.81. The molecular weight excluding hydrogens is 202 g/mol. The molecule has 0 radical (unpaired) electrons. The van der Waals surface area contributed by atoms with Crippen LogP contribution in [0.2, 0.25) is 0 Å². The molecule has 82 valence electrons. The zero-order chi connectivity index (χ0) is 10.6. The minimum Gasteiger partial charge on any atom is -0.378 e. The SMILES string of the molecule is COC1(CC(=O)NC(C)CCl)CCC1. The van der Waals surface area contributed by atoms with Crippen molar-refractivity contribution in [2.45, 2.75) is 44.2 Å². The molecule has 0 bridgehead atoms. The largest absolute Gasteiger partial charge is 0.378 e. The number of amides is 1. The molecule has 1 atom stereocenters. The lowest BCUT2D eigenvalue weighted by Crippen LogP contribution is -2.45. The van der Waals surface area contributed by atoms with Crippen LogP contribution in [-0.4, -0.2) is 30.5 Å². The Bertz CT molecular complexity index is 199. The summed E-state index contributed by atoms with van der Waals surface area (Å²) in [4.78, 5) is 11.5. The Morgan fingerprint density at radius 1 is 1.64 bits per heavy atom. The van der Waals surface area contributed by atoms with E-state index in [-0.39, 0.29) is 17.6 Å². The molecule has 1 aliphatic carbocycles. The molecule has 4 heteroatoms. The topological polar surface area (TPSA) is 38.3 Å². The summed E-state index contributed by atoms with van der Waals surface area (Å²) in [5.74, 6) is 0.492. The van der Waals surface area contributed by atoms with Crippen LogP contribution >= 0.6 is 11.6 Å². The lowest BCUT2D eigenvalue weighted by Gasteiger charge is -2.40. The van der Waals surface area contributed by atoms with Crippen molar-refractivity contribution in [1.82, 2.24) is 5.32 Å². The van der Waals surface area contributed by atoms with E-state index in [9.17, 15) is 4.79 Å². The van der Waals surface area contributed by atoms with Crippen molar-refractivity contribution in [3.8, 4) is 0 Å². The maximum atomic E-state index is 11.5. The molecular formula is C10H18ClNO2. The summed E-state index contributed by atoms with van der Waals surface area (Å²) in [5, 5.41) is 2.84. The van der Waals surface area contributed by atoms with E-state index in [0.717, 1.165) is 19.3 Å². The number of hydrogen-bond acceptors (Lipinski definition) is 2. The molecule has 0 aromatic carbocycles. The smallest absolute Gasteiger partial charge is 0.223 e. The number of hydrogen-bond donors (Lipinski definition) is 1. The van der Waals surface area contributed by atoms with Gasteiger partial charge in [0.1, 0.15) is 0 Å². The van der Waals surface area contributed by atoms with Crippen molar-refractivity contribution in [2.75, 3.05) is 13.0 Å². The molecule has 0 aliphatic heterocycles. The minimum atomic E-state index is -0.184. The van der Waals surface area contributed by atoms with Gasteiger partial charge in [-0.3, -0.25) is 4.79 Å². The number of halogens is 1. The molecule has 1 unspecified atom stereocenters. The van der Waals surface area contributed by atoms with Crippen LogP contribution in [0.5, 0.6) is 0 Å². The molecule has 0 saturated heterocycles. The number of carbonyl (C=O) groups is 1. The van der Waals surface area contributed by atoms with Gasteiger partial charge in [0.05, 0.1) is 12.0 Å². The summed E-state index contributed by atoms with van der Waals surface area (Å²) in [6.07, 6.45) is 3.61. The van der Waals surface area contributed by atoms with Crippen LogP contribution < -0.4 is 5.32 Å². The average molecular weight is 220 g/mol. The minimum absolute atomic E-state index is 0.0400. The van der Waals surface area contributed by atoms with Gasteiger partial charge in [-0.05, 0) is 26.2 Å². The normalized spacial score (nSPS) is 21.1. The molecule has 0 heterocycles. The molecule has 1 aliphatic rings. The Labute approximate surface area is 90.1 Å². The second kappa shape index (κ2) is 4.99. The predicted molar refractivity (Wildman–Crippen MR) is 56.5 cm³/mol. The molecule has 1 rings (SSSR count). The third-order valence-corrected chi connectivity index (χ3v) is 3.28. The standard InChI is InChI=1S/C10H18ClNO2/c1-8(7-11)12-9(13)6-10(14-2)4-3-5-10/h8H,3-7H2,1-2H3,(H,12,13). The lowest BCUT2D eigenvalue weighted by atomic mass is 9.77. The Morgan fingerprint density at radius 3 is 2.64 bits per heavy atom. The lowest BCUT2D eigenvalue weighted by molar-refractivity contribution is -0.134. The van der Waals surface area contributed by atoms with Crippen LogP contribution in [0.4, 0.5) is 0 Å². The Morgan fingerprint density at radius 2 is 2.29 bits per heavy atom. The molecule has 1 fully saturated rings. The Hall–Kier alpha value is -0.280. The quantitative estimate of drug-likeness (QED) is 0.715. The van der Waals surface area contributed by atoms with E-state index in [1.807, 2.05) is 6.92 Å². The number of alkyl halides is 1. The molecule has 3 nitrogen and oxygen atoms in total. The Balaban J connectivity index is 2.32. The molecule has 1 amide bonds. The number of carbonyl (C=O) groups excluding carboxylic acids is 1. The summed E-state index contributed by atoms with van der Waals surface area (Å²) in [6.45, 7) is 1.89. The fourth-order valence-corrected chi connectivity index (χ4v) is 1.76. The van der Waals surface area contributed by atoms with Crippen molar-refractivity contribution in [3.63, 3.8) is 0 Å². The van der Waals surface area contributed by atoms with Crippen molar-refractivity contribution in [2.24, 2.45) is 0 Å². The molecule has 0 aromatic heterocycles. The number of nitrogens with one attached hydrogen (secondary N) is 1. The molecule has 0 aromatic rings. The first-order chi connectivity index (χ1) is 6.62. The molecule has 1 N–H and O–H groups in total. The Kier molecular flexibility index (Phi) is 4.20. The van der Waals surface area contributed by atoms with Crippen LogP contribution in [-0.2, 0) is 9.53 Å². The fourth-order valence-electron chi connectivity index (χ4n) is 1.68. The molecule has 14 heavy (non-hydrogen) atoms. The van der Waals surface area contributed by atoms with Gasteiger partial charge in [0.2, 0.25) is 5.91 Å². The van der Waals surface area contributed by atoms with Crippen molar-refractivity contribution < 1.29 is 9.53 Å². The summed E-state index contributed by atoms with van der Waals surface area (Å²) in [5.41, 5.74) is -0.184. The number of ether oxygens (including phenoxy) is 1. The van der Waals surface area contributed by atoms with Gasteiger partial charge in [0.25, 0.3) is 0 Å². The first kappa shape index (κ1) is 11.8. The average Bonchev–Trinajstić information content (AvgIpc) is 2.11. The van der Waals surface area contributed by atoms with Crippen molar-refractivity contribution in [3.05, 3.63) is 0 Å². The van der Waals surface area contributed by atoms with E-state index in [0.29, 0.717) is 12.3 Å². The van der Waals surface area contributed by atoms with Gasteiger partial charge in [-0.1, -0.05) is 0 Å². The van der Waals surface area contributed by atoms with Crippen molar-refractivity contribution >= 4 is 17.5 Å². The molecule has 1 saturated carbocycles. The monoisotopic (exact) mass is 219 g/mol. The summed E-state index contributed by atoms with van der Waals surface area (Å²) < 4.78 is 5.37. The summed E-state index contributed by atoms with van der Waals surface area (Å²) in [7, 11) is 1.68. The van der Waals surface area contributed by atoms with E-state index in [1.54, 1.807) is 7.11 Å². The van der Waals surface area contributed by atoms with Crippen LogP contribution in [0, 0.1) is 0 Å². The van der Waals surface area contributed by atoms with Gasteiger partial charge in [-0.2, -0.15) is 0 Å². The number of rotatable bonds is 5. The molecule has 0 spiro atoms. The second-order valence-corrected chi connectivity index (χ2v) is 4.35. The van der Waals surface area contributed by atoms with Crippen molar-refractivity contribution in [1.29, 1.82) is 0 Å². The van der Waals surface area contributed by atoms with Gasteiger partial charge in [-0.15, -0.1) is 11.6 Å². The summed E-state index contributed by atoms with van der Waals surface area (Å²) >= 11 is 5.60. The van der Waals surface area contributed by atoms with Gasteiger partial charge < -0.3 is 10.1 Å². The summed E-state index contributed by atoms with van der Waals surface area (Å²) in [6, 6.07) is 0.0400. The maximum Gasteiger partial charge on any atom is 0.223 e.